The zero-order chi connectivity index (χ0) is 12.4. The molecule has 0 aromatic heterocycles. The molecule has 0 aliphatic carbocycles. The first-order valence-corrected chi connectivity index (χ1v) is 6.00. The number of unbranched alkanes of at least 4 members (excludes halogenated alkanes) is 3. The van der Waals surface area contributed by atoms with Gasteiger partial charge in [0.05, 0.1) is 6.61 Å². The standard InChI is InChI=1S/C13H22O3/c1-4-6-7-8-9-12(14)10-11(3)13(15)16-5-2/h10H,4-9H2,1-3H3/b11-10+. The van der Waals surface area contributed by atoms with Gasteiger partial charge in [-0.2, -0.15) is 0 Å². The fourth-order valence-corrected chi connectivity index (χ4v) is 1.34. The summed E-state index contributed by atoms with van der Waals surface area (Å²) >= 11 is 0. The minimum Gasteiger partial charge on any atom is -0.463 e. The Kier molecular flexibility index (Phi) is 8.49. The molecule has 0 N–H and O–H groups in total. The van der Waals surface area contributed by atoms with E-state index in [1.54, 1.807) is 13.8 Å². The molecule has 92 valence electrons. The third-order valence-corrected chi connectivity index (χ3v) is 2.25. The van der Waals surface area contributed by atoms with Gasteiger partial charge in [0.15, 0.2) is 5.78 Å². The van der Waals surface area contributed by atoms with Gasteiger partial charge in [0.2, 0.25) is 0 Å². The molecule has 0 radical (unpaired) electrons. The van der Waals surface area contributed by atoms with E-state index in [-0.39, 0.29) is 5.78 Å². The van der Waals surface area contributed by atoms with Crippen molar-refractivity contribution in [2.24, 2.45) is 0 Å². The summed E-state index contributed by atoms with van der Waals surface area (Å²) in [5.41, 5.74) is 0.391. The second-order valence-electron chi connectivity index (χ2n) is 3.82. The molecule has 0 amide bonds. The van der Waals surface area contributed by atoms with Crippen LogP contribution in [0.25, 0.3) is 0 Å². The smallest absolute Gasteiger partial charge is 0.333 e. The van der Waals surface area contributed by atoms with Gasteiger partial charge in [0.1, 0.15) is 0 Å². The average Bonchev–Trinajstić information content (AvgIpc) is 2.24. The normalized spacial score (nSPS) is 11.3. The largest absolute Gasteiger partial charge is 0.463 e. The molecule has 3 heteroatoms. The number of allylic oxidation sites excluding steroid dienone is 1. The van der Waals surface area contributed by atoms with E-state index in [1.807, 2.05) is 0 Å². The summed E-state index contributed by atoms with van der Waals surface area (Å²) in [5, 5.41) is 0. The van der Waals surface area contributed by atoms with Gasteiger partial charge in [-0.25, -0.2) is 4.79 Å². The van der Waals surface area contributed by atoms with E-state index in [1.165, 1.54) is 6.08 Å². The fraction of sp³-hybridized carbons (Fsp3) is 0.692. The Bertz CT molecular complexity index is 254. The van der Waals surface area contributed by atoms with Crippen molar-refractivity contribution in [2.45, 2.75) is 52.9 Å². The second kappa shape index (κ2) is 9.13. The number of hydrogen-bond acceptors (Lipinski definition) is 3. The molecule has 0 saturated carbocycles. The molecule has 0 unspecified atom stereocenters. The quantitative estimate of drug-likeness (QED) is 0.363. The third-order valence-electron chi connectivity index (χ3n) is 2.25. The van der Waals surface area contributed by atoms with Crippen LogP contribution >= 0.6 is 0 Å². The van der Waals surface area contributed by atoms with E-state index in [0.717, 1.165) is 25.7 Å². The van der Waals surface area contributed by atoms with Crippen LogP contribution in [0.1, 0.15) is 52.9 Å². The van der Waals surface area contributed by atoms with Crippen molar-refractivity contribution < 1.29 is 14.3 Å². The van der Waals surface area contributed by atoms with Gasteiger partial charge in [-0.15, -0.1) is 0 Å². The zero-order valence-corrected chi connectivity index (χ0v) is 10.5. The van der Waals surface area contributed by atoms with E-state index in [4.69, 9.17) is 4.74 Å². The minimum atomic E-state index is -0.399. The van der Waals surface area contributed by atoms with Gasteiger partial charge >= 0.3 is 5.97 Å². The number of ether oxygens (including phenoxy) is 1. The lowest BCUT2D eigenvalue weighted by molar-refractivity contribution is -0.138. The molecule has 0 heterocycles. The first-order valence-electron chi connectivity index (χ1n) is 6.00. The lowest BCUT2D eigenvalue weighted by atomic mass is 10.1. The lowest BCUT2D eigenvalue weighted by Gasteiger charge is -2.01. The highest BCUT2D eigenvalue weighted by atomic mass is 16.5. The molecule has 0 saturated heterocycles. The topological polar surface area (TPSA) is 43.4 Å². The van der Waals surface area contributed by atoms with Crippen molar-refractivity contribution in [3.8, 4) is 0 Å². The Hall–Kier alpha value is -1.12. The van der Waals surface area contributed by atoms with Crippen molar-refractivity contribution in [1.82, 2.24) is 0 Å². The van der Waals surface area contributed by atoms with E-state index in [2.05, 4.69) is 6.92 Å². The minimum absolute atomic E-state index is 0.0154. The maximum atomic E-state index is 11.4. The predicted molar refractivity (Wildman–Crippen MR) is 64.2 cm³/mol. The average molecular weight is 226 g/mol. The highest BCUT2D eigenvalue weighted by Gasteiger charge is 2.06. The Morgan fingerprint density at radius 3 is 2.38 bits per heavy atom. The first-order chi connectivity index (χ1) is 7.61. The van der Waals surface area contributed by atoms with Gasteiger partial charge in [-0.05, 0) is 26.3 Å². The summed E-state index contributed by atoms with van der Waals surface area (Å²) in [7, 11) is 0. The van der Waals surface area contributed by atoms with E-state index < -0.39 is 5.97 Å². The van der Waals surface area contributed by atoms with Crippen LogP contribution in [-0.2, 0) is 14.3 Å². The monoisotopic (exact) mass is 226 g/mol. The highest BCUT2D eigenvalue weighted by molar-refractivity contribution is 5.98. The van der Waals surface area contributed by atoms with Crippen LogP contribution in [0.5, 0.6) is 0 Å². The molecule has 16 heavy (non-hydrogen) atoms. The molecule has 0 bridgehead atoms. The second-order valence-corrected chi connectivity index (χ2v) is 3.82. The summed E-state index contributed by atoms with van der Waals surface area (Å²) in [4.78, 5) is 22.7. The molecule has 0 rings (SSSR count). The Labute approximate surface area is 97.9 Å². The highest BCUT2D eigenvalue weighted by Crippen LogP contribution is 2.05. The van der Waals surface area contributed by atoms with Gasteiger partial charge in [0, 0.05) is 12.0 Å². The number of ketones is 1. The van der Waals surface area contributed by atoms with Crippen LogP contribution < -0.4 is 0 Å². The number of hydrogen-bond donors (Lipinski definition) is 0. The summed E-state index contributed by atoms with van der Waals surface area (Å²) in [6, 6.07) is 0. The molecular formula is C13H22O3. The summed E-state index contributed by atoms with van der Waals surface area (Å²) in [6.45, 7) is 5.83. The zero-order valence-electron chi connectivity index (χ0n) is 10.5. The van der Waals surface area contributed by atoms with Gasteiger partial charge in [-0.1, -0.05) is 26.2 Å². The van der Waals surface area contributed by atoms with Crippen LogP contribution in [0.15, 0.2) is 11.6 Å². The number of carbonyl (C=O) groups is 2. The van der Waals surface area contributed by atoms with Crippen molar-refractivity contribution in [3.63, 3.8) is 0 Å². The fourth-order valence-electron chi connectivity index (χ4n) is 1.34. The van der Waals surface area contributed by atoms with E-state index >= 15 is 0 Å². The molecule has 0 aliphatic rings. The van der Waals surface area contributed by atoms with Crippen LogP contribution in [0, 0.1) is 0 Å². The SMILES string of the molecule is CCCCCCC(=O)/C=C(\C)C(=O)OCC. The van der Waals surface area contributed by atoms with E-state index in [9.17, 15) is 9.59 Å². The van der Waals surface area contributed by atoms with Crippen molar-refractivity contribution in [2.75, 3.05) is 6.61 Å². The summed E-state index contributed by atoms with van der Waals surface area (Å²) in [6.07, 6.45) is 6.22. The Balaban J connectivity index is 3.91. The molecule has 3 nitrogen and oxygen atoms in total. The first kappa shape index (κ1) is 14.9. The van der Waals surface area contributed by atoms with Crippen molar-refractivity contribution >= 4 is 11.8 Å². The van der Waals surface area contributed by atoms with Crippen LogP contribution in [0.3, 0.4) is 0 Å². The number of carbonyl (C=O) groups excluding carboxylic acids is 2. The molecule has 0 atom stereocenters. The summed E-state index contributed by atoms with van der Waals surface area (Å²) in [5.74, 6) is -0.383. The number of rotatable bonds is 8. The molecule has 0 aromatic carbocycles. The van der Waals surface area contributed by atoms with E-state index in [0.29, 0.717) is 18.6 Å². The van der Waals surface area contributed by atoms with Gasteiger partial charge in [-0.3, -0.25) is 4.79 Å². The Morgan fingerprint density at radius 2 is 1.81 bits per heavy atom. The number of esters is 1. The molecule has 0 aromatic rings. The third kappa shape index (κ3) is 7.21. The van der Waals surface area contributed by atoms with Gasteiger partial charge < -0.3 is 4.74 Å². The van der Waals surface area contributed by atoms with Crippen molar-refractivity contribution in [3.05, 3.63) is 11.6 Å². The van der Waals surface area contributed by atoms with Gasteiger partial charge in [0.25, 0.3) is 0 Å². The summed E-state index contributed by atoms with van der Waals surface area (Å²) < 4.78 is 4.79. The van der Waals surface area contributed by atoms with Crippen LogP contribution in [0.4, 0.5) is 0 Å². The van der Waals surface area contributed by atoms with Crippen LogP contribution in [-0.4, -0.2) is 18.4 Å². The maximum Gasteiger partial charge on any atom is 0.333 e. The molecular weight excluding hydrogens is 204 g/mol. The lowest BCUT2D eigenvalue weighted by Crippen LogP contribution is -2.07. The molecule has 0 aliphatic heterocycles. The predicted octanol–water partition coefficient (Wildman–Crippen LogP) is 3.04. The Morgan fingerprint density at radius 1 is 1.12 bits per heavy atom. The van der Waals surface area contributed by atoms with Crippen molar-refractivity contribution in [1.29, 1.82) is 0 Å². The molecule has 0 spiro atoms. The maximum absolute atomic E-state index is 11.4. The van der Waals surface area contributed by atoms with Crippen LogP contribution in [0.2, 0.25) is 0 Å². The molecule has 0 fully saturated rings.